The molecule has 1 unspecified atom stereocenters. The van der Waals surface area contributed by atoms with Gasteiger partial charge in [0.1, 0.15) is 0 Å². The van der Waals surface area contributed by atoms with E-state index in [-0.39, 0.29) is 0 Å². The highest BCUT2D eigenvalue weighted by molar-refractivity contribution is 5.77. The van der Waals surface area contributed by atoms with E-state index in [0.29, 0.717) is 6.04 Å². The molecule has 0 aliphatic heterocycles. The molecule has 0 saturated heterocycles. The highest BCUT2D eigenvalue weighted by Gasteiger charge is 2.27. The normalized spacial score (nSPS) is 17.7. The molecule has 0 radical (unpaired) electrons. The fraction of sp³-hybridized carbons (Fsp3) is 0.304. The van der Waals surface area contributed by atoms with Crippen molar-refractivity contribution in [3.63, 3.8) is 0 Å². The Labute approximate surface area is 154 Å². The van der Waals surface area contributed by atoms with Gasteiger partial charge in [-0.1, -0.05) is 30.3 Å². The molecule has 2 aliphatic carbocycles. The van der Waals surface area contributed by atoms with Crippen molar-refractivity contribution in [2.75, 3.05) is 7.05 Å². The van der Waals surface area contributed by atoms with E-state index in [9.17, 15) is 0 Å². The molecule has 0 saturated carbocycles. The molecule has 130 valence electrons. The minimum atomic E-state index is 0.390. The van der Waals surface area contributed by atoms with Crippen LogP contribution in [0.25, 0.3) is 11.1 Å². The van der Waals surface area contributed by atoms with Crippen LogP contribution in [0.5, 0.6) is 0 Å². The molecule has 2 aliphatic rings. The van der Waals surface area contributed by atoms with Gasteiger partial charge in [-0.3, -0.25) is 14.9 Å². The highest BCUT2D eigenvalue weighted by Crippen LogP contribution is 2.38. The number of aromatic nitrogens is 2. The summed E-state index contributed by atoms with van der Waals surface area (Å²) in [5, 5.41) is 0. The molecular weight excluding hydrogens is 318 g/mol. The van der Waals surface area contributed by atoms with Crippen LogP contribution in [-0.2, 0) is 19.4 Å². The van der Waals surface area contributed by atoms with E-state index in [0.717, 1.165) is 19.4 Å². The van der Waals surface area contributed by atoms with Crippen LogP contribution >= 0.6 is 0 Å². The van der Waals surface area contributed by atoms with Gasteiger partial charge in [0, 0.05) is 25.4 Å². The first-order valence-corrected chi connectivity index (χ1v) is 9.50. The van der Waals surface area contributed by atoms with Crippen molar-refractivity contribution in [1.82, 2.24) is 14.9 Å². The maximum atomic E-state index is 4.76. The predicted octanol–water partition coefficient (Wildman–Crippen LogP) is 4.56. The largest absolute Gasteiger partial charge is 0.292 e. The molecule has 1 atom stereocenters. The molecule has 5 rings (SSSR count). The zero-order valence-corrected chi connectivity index (χ0v) is 15.2. The molecule has 0 N–H and O–H groups in total. The number of benzene rings is 1. The minimum absolute atomic E-state index is 0.390. The lowest BCUT2D eigenvalue weighted by Crippen LogP contribution is -2.29. The van der Waals surface area contributed by atoms with Crippen LogP contribution in [0, 0.1) is 0 Å². The molecule has 0 spiro atoms. The summed E-state index contributed by atoms with van der Waals surface area (Å²) in [7, 11) is 2.22. The molecule has 26 heavy (non-hydrogen) atoms. The Morgan fingerprint density at radius 2 is 1.85 bits per heavy atom. The lowest BCUT2D eigenvalue weighted by atomic mass is 9.91. The van der Waals surface area contributed by atoms with Crippen molar-refractivity contribution in [2.24, 2.45) is 0 Å². The topological polar surface area (TPSA) is 29.0 Å². The standard InChI is InChI=1S/C23H23N3/c1-26(22-10-4-7-16-8-5-12-25-23(16)22)15-21-20-14-17-6-2-3-9-18(17)19(20)11-13-24-21/h2-3,5-6,8-9,11-13,22H,4,7,10,14-15H2,1H3. The third-order valence-electron chi connectivity index (χ3n) is 5.92. The van der Waals surface area contributed by atoms with E-state index >= 15 is 0 Å². The first kappa shape index (κ1) is 15.7. The smallest absolute Gasteiger partial charge is 0.0607 e. The van der Waals surface area contributed by atoms with Crippen LogP contribution in [0.1, 0.15) is 47.0 Å². The first-order chi connectivity index (χ1) is 12.8. The average molecular weight is 341 g/mol. The van der Waals surface area contributed by atoms with Crippen LogP contribution in [-0.4, -0.2) is 21.9 Å². The van der Waals surface area contributed by atoms with Crippen molar-refractivity contribution >= 4 is 0 Å². The van der Waals surface area contributed by atoms with E-state index in [4.69, 9.17) is 9.97 Å². The third-order valence-corrected chi connectivity index (χ3v) is 5.92. The Hall–Kier alpha value is -2.52. The van der Waals surface area contributed by atoms with Crippen LogP contribution in [0.3, 0.4) is 0 Å². The Morgan fingerprint density at radius 1 is 0.962 bits per heavy atom. The lowest BCUT2D eigenvalue weighted by Gasteiger charge is -2.32. The second-order valence-corrected chi connectivity index (χ2v) is 7.49. The maximum absolute atomic E-state index is 4.76. The zero-order valence-electron chi connectivity index (χ0n) is 15.2. The van der Waals surface area contributed by atoms with Crippen molar-refractivity contribution < 1.29 is 0 Å². The van der Waals surface area contributed by atoms with Gasteiger partial charge in [-0.2, -0.15) is 0 Å². The van der Waals surface area contributed by atoms with E-state index < -0.39 is 0 Å². The summed E-state index contributed by atoms with van der Waals surface area (Å²) in [6.07, 6.45) is 8.47. The van der Waals surface area contributed by atoms with Gasteiger partial charge in [0.25, 0.3) is 0 Å². The van der Waals surface area contributed by atoms with Crippen LogP contribution in [0.2, 0.25) is 0 Å². The van der Waals surface area contributed by atoms with Crippen molar-refractivity contribution in [2.45, 2.75) is 38.3 Å². The molecule has 3 aromatic rings. The molecule has 2 aromatic heterocycles. The molecule has 1 aromatic carbocycles. The van der Waals surface area contributed by atoms with Gasteiger partial charge >= 0.3 is 0 Å². The molecule has 0 fully saturated rings. The Balaban J connectivity index is 1.45. The van der Waals surface area contributed by atoms with Crippen molar-refractivity contribution in [3.05, 3.63) is 82.9 Å². The van der Waals surface area contributed by atoms with Crippen LogP contribution < -0.4 is 0 Å². The number of hydrogen-bond acceptors (Lipinski definition) is 3. The van der Waals surface area contributed by atoms with Gasteiger partial charge in [0.15, 0.2) is 0 Å². The number of fused-ring (bicyclic) bond motifs is 4. The summed E-state index contributed by atoms with van der Waals surface area (Å²) in [6.45, 7) is 0.873. The van der Waals surface area contributed by atoms with Gasteiger partial charge in [0.05, 0.1) is 17.4 Å². The quantitative estimate of drug-likeness (QED) is 0.547. The Kier molecular flexibility index (Phi) is 3.83. The summed E-state index contributed by atoms with van der Waals surface area (Å²) >= 11 is 0. The summed E-state index contributed by atoms with van der Waals surface area (Å²) in [5.74, 6) is 0. The van der Waals surface area contributed by atoms with Crippen molar-refractivity contribution in [1.29, 1.82) is 0 Å². The van der Waals surface area contributed by atoms with E-state index in [1.165, 1.54) is 52.0 Å². The molecular formula is C23H23N3. The van der Waals surface area contributed by atoms with Gasteiger partial charge in [0.2, 0.25) is 0 Å². The fourth-order valence-electron chi connectivity index (χ4n) is 4.61. The van der Waals surface area contributed by atoms with Crippen molar-refractivity contribution in [3.8, 4) is 11.1 Å². The molecule has 2 heterocycles. The molecule has 3 nitrogen and oxygen atoms in total. The Bertz CT molecular complexity index is 963. The summed E-state index contributed by atoms with van der Waals surface area (Å²) < 4.78 is 0. The van der Waals surface area contributed by atoms with Gasteiger partial charge in [-0.15, -0.1) is 0 Å². The maximum Gasteiger partial charge on any atom is 0.0607 e. The zero-order chi connectivity index (χ0) is 17.5. The highest BCUT2D eigenvalue weighted by atomic mass is 15.1. The van der Waals surface area contributed by atoms with E-state index in [1.54, 1.807) is 0 Å². The predicted molar refractivity (Wildman–Crippen MR) is 104 cm³/mol. The number of rotatable bonds is 3. The monoisotopic (exact) mass is 341 g/mol. The first-order valence-electron chi connectivity index (χ1n) is 9.50. The van der Waals surface area contributed by atoms with Crippen LogP contribution in [0.15, 0.2) is 54.9 Å². The van der Waals surface area contributed by atoms with Gasteiger partial charge in [-0.05, 0) is 66.3 Å². The fourth-order valence-corrected chi connectivity index (χ4v) is 4.61. The number of hydrogen-bond donors (Lipinski definition) is 0. The second-order valence-electron chi connectivity index (χ2n) is 7.49. The summed E-state index contributed by atoms with van der Waals surface area (Å²) in [4.78, 5) is 11.9. The molecule has 0 bridgehead atoms. The minimum Gasteiger partial charge on any atom is -0.292 e. The van der Waals surface area contributed by atoms with E-state index in [1.807, 2.05) is 12.4 Å². The van der Waals surface area contributed by atoms with Gasteiger partial charge in [-0.25, -0.2) is 0 Å². The third kappa shape index (κ3) is 2.55. The second kappa shape index (κ2) is 6.33. The van der Waals surface area contributed by atoms with E-state index in [2.05, 4.69) is 54.4 Å². The summed E-state index contributed by atoms with van der Waals surface area (Å²) in [6, 6.07) is 15.6. The Morgan fingerprint density at radius 3 is 2.81 bits per heavy atom. The lowest BCUT2D eigenvalue weighted by molar-refractivity contribution is 0.206. The number of pyridine rings is 2. The number of aryl methyl sites for hydroxylation is 1. The van der Waals surface area contributed by atoms with Gasteiger partial charge < -0.3 is 0 Å². The summed E-state index contributed by atoms with van der Waals surface area (Å²) in [5.41, 5.74) is 9.44. The average Bonchev–Trinajstić information content (AvgIpc) is 3.07. The SMILES string of the molecule is CN(Cc1nccc2c1Cc1ccccc1-2)C1CCCc2cccnc21. The number of nitrogens with zero attached hydrogens (tertiary/aromatic N) is 3. The molecule has 0 amide bonds. The molecule has 3 heteroatoms. The van der Waals surface area contributed by atoms with Crippen LogP contribution in [0.4, 0.5) is 0 Å².